The van der Waals surface area contributed by atoms with Gasteiger partial charge in [-0.1, -0.05) is 30.3 Å². The van der Waals surface area contributed by atoms with Gasteiger partial charge in [0.1, 0.15) is 0 Å². The molecule has 0 heterocycles. The highest BCUT2D eigenvalue weighted by atomic mass is 32.2. The lowest BCUT2D eigenvalue weighted by Gasteiger charge is -2.14. The normalized spacial score (nSPS) is 10.8. The first-order valence-electron chi connectivity index (χ1n) is 5.54. The monoisotopic (exact) mass is 376 g/mol. The van der Waals surface area contributed by atoms with Gasteiger partial charge in [0.25, 0.3) is 0 Å². The van der Waals surface area contributed by atoms with E-state index in [1.807, 2.05) is 30.3 Å². The molecule has 0 radical (unpaired) electrons. The third-order valence-electron chi connectivity index (χ3n) is 2.54. The van der Waals surface area contributed by atoms with E-state index in [2.05, 4.69) is 63.1 Å². The average Bonchev–Trinajstić information content (AvgIpc) is 2.48. The quantitative estimate of drug-likeness (QED) is 0.363. The summed E-state index contributed by atoms with van der Waals surface area (Å²) in [6.07, 6.45) is 0. The summed E-state index contributed by atoms with van der Waals surface area (Å²) >= 11 is 23.2. The molecule has 0 saturated heterocycles. The van der Waals surface area contributed by atoms with Crippen molar-refractivity contribution >= 4 is 75.2 Å². The second-order valence-corrected chi connectivity index (χ2v) is 6.95. The molecule has 1 nitrogen and oxygen atoms in total. The molecule has 0 aliphatic rings. The van der Waals surface area contributed by atoms with Gasteiger partial charge in [0.15, 0.2) is 0 Å². The Kier molecular flexibility index (Phi) is 6.47. The molecule has 2 rings (SSSR count). The largest absolute Gasteiger partial charge is 0.305 e. The second kappa shape index (κ2) is 7.67. The Morgan fingerprint density at radius 1 is 0.750 bits per heavy atom. The summed E-state index contributed by atoms with van der Waals surface area (Å²) in [7, 11) is 0. The Hall–Kier alpha value is 0.500. The molecular formula is C13H12OS6. The number of hydrogen-bond acceptors (Lipinski definition) is 7. The Balaban J connectivity index is 2.14. The summed E-state index contributed by atoms with van der Waals surface area (Å²) in [6, 6.07) is 9.94. The minimum atomic E-state index is 0.498. The third-order valence-corrected chi connectivity index (χ3v) is 6.59. The predicted octanol–water partition coefficient (Wildman–Crippen LogP) is 5.35. The number of rotatable bonds is 4. The van der Waals surface area contributed by atoms with Crippen molar-refractivity contribution in [1.29, 1.82) is 0 Å². The standard InChI is InChI=1S/C13H12OS6/c15-8-9(16)11(18)13(12(19)10(8)17)20-14-6-7-4-2-1-3-5-7/h1-5,15-19H,6H2. The summed E-state index contributed by atoms with van der Waals surface area (Å²) in [5.41, 5.74) is 1.10. The molecule has 0 bridgehead atoms. The van der Waals surface area contributed by atoms with Crippen LogP contribution in [0.25, 0.3) is 0 Å². The molecule has 106 valence electrons. The Bertz CT molecular complexity index is 585. The third kappa shape index (κ3) is 3.82. The zero-order valence-corrected chi connectivity index (χ0v) is 15.4. The fourth-order valence-electron chi connectivity index (χ4n) is 1.47. The van der Waals surface area contributed by atoms with Crippen molar-refractivity contribution in [2.75, 3.05) is 0 Å². The summed E-state index contributed by atoms with van der Waals surface area (Å²) in [5, 5.41) is 0. The van der Waals surface area contributed by atoms with Crippen LogP contribution in [-0.4, -0.2) is 0 Å². The van der Waals surface area contributed by atoms with Crippen LogP contribution in [-0.2, 0) is 10.8 Å². The first-order valence-corrected chi connectivity index (χ1v) is 8.52. The van der Waals surface area contributed by atoms with Crippen LogP contribution in [0.3, 0.4) is 0 Å². The number of benzene rings is 2. The van der Waals surface area contributed by atoms with Crippen LogP contribution in [0, 0.1) is 0 Å². The van der Waals surface area contributed by atoms with Crippen molar-refractivity contribution in [3.05, 3.63) is 35.9 Å². The molecule has 0 aliphatic heterocycles. The van der Waals surface area contributed by atoms with E-state index in [4.69, 9.17) is 4.18 Å². The zero-order chi connectivity index (χ0) is 14.7. The van der Waals surface area contributed by atoms with Gasteiger partial charge in [-0.15, -0.1) is 63.1 Å². The van der Waals surface area contributed by atoms with E-state index in [0.29, 0.717) is 31.1 Å². The van der Waals surface area contributed by atoms with E-state index in [1.54, 1.807) is 0 Å². The molecule has 0 N–H and O–H groups in total. The highest BCUT2D eigenvalue weighted by Gasteiger charge is 2.16. The molecule has 0 unspecified atom stereocenters. The molecular weight excluding hydrogens is 365 g/mol. The lowest BCUT2D eigenvalue weighted by atomic mass is 10.2. The van der Waals surface area contributed by atoms with Crippen LogP contribution in [0.5, 0.6) is 0 Å². The van der Waals surface area contributed by atoms with E-state index in [-0.39, 0.29) is 0 Å². The van der Waals surface area contributed by atoms with Gasteiger partial charge in [0, 0.05) is 36.5 Å². The van der Waals surface area contributed by atoms with Crippen LogP contribution in [0.2, 0.25) is 0 Å². The van der Waals surface area contributed by atoms with Crippen molar-refractivity contribution in [2.45, 2.75) is 36.0 Å². The van der Waals surface area contributed by atoms with Crippen LogP contribution in [0.4, 0.5) is 0 Å². The van der Waals surface area contributed by atoms with Crippen molar-refractivity contribution in [2.24, 2.45) is 0 Å². The molecule has 0 saturated carbocycles. The second-order valence-electron chi connectivity index (χ2n) is 3.90. The van der Waals surface area contributed by atoms with E-state index < -0.39 is 0 Å². The number of hydrogen-bond donors (Lipinski definition) is 5. The Morgan fingerprint density at radius 2 is 1.25 bits per heavy atom. The van der Waals surface area contributed by atoms with Gasteiger partial charge in [-0.2, -0.15) is 0 Å². The fraction of sp³-hybridized carbons (Fsp3) is 0.0769. The van der Waals surface area contributed by atoms with E-state index in [0.717, 1.165) is 10.5 Å². The SMILES string of the molecule is Sc1c(S)c(S)c(SOCc2ccccc2)c(S)c1S. The maximum atomic E-state index is 5.64. The first kappa shape index (κ1) is 16.9. The van der Waals surface area contributed by atoms with Crippen molar-refractivity contribution < 1.29 is 4.18 Å². The minimum Gasteiger partial charge on any atom is -0.305 e. The van der Waals surface area contributed by atoms with Crippen molar-refractivity contribution in [3.8, 4) is 0 Å². The lowest BCUT2D eigenvalue weighted by molar-refractivity contribution is 0.362. The Labute approximate surface area is 150 Å². The van der Waals surface area contributed by atoms with E-state index >= 15 is 0 Å². The summed E-state index contributed by atoms with van der Waals surface area (Å²) in [4.78, 5) is 4.19. The van der Waals surface area contributed by atoms with Gasteiger partial charge < -0.3 is 4.18 Å². The maximum Gasteiger partial charge on any atom is 0.0869 e. The average molecular weight is 377 g/mol. The summed E-state index contributed by atoms with van der Waals surface area (Å²) in [6.45, 7) is 0.498. The molecule has 0 fully saturated rings. The smallest absolute Gasteiger partial charge is 0.0869 e. The van der Waals surface area contributed by atoms with E-state index in [1.165, 1.54) is 12.0 Å². The van der Waals surface area contributed by atoms with Crippen LogP contribution >= 0.6 is 75.2 Å². The summed E-state index contributed by atoms with van der Waals surface area (Å²) < 4.78 is 5.64. The zero-order valence-electron chi connectivity index (χ0n) is 10.1. The van der Waals surface area contributed by atoms with E-state index in [9.17, 15) is 0 Å². The highest BCUT2D eigenvalue weighted by Crippen LogP contribution is 2.44. The Morgan fingerprint density at radius 3 is 1.80 bits per heavy atom. The molecule has 0 aromatic heterocycles. The number of thiol groups is 5. The van der Waals surface area contributed by atoms with Gasteiger partial charge in [0.05, 0.1) is 11.5 Å². The van der Waals surface area contributed by atoms with Crippen molar-refractivity contribution in [3.63, 3.8) is 0 Å². The molecule has 7 heteroatoms. The van der Waals surface area contributed by atoms with Crippen LogP contribution in [0.15, 0.2) is 59.7 Å². The van der Waals surface area contributed by atoms with Crippen molar-refractivity contribution in [1.82, 2.24) is 0 Å². The molecule has 2 aromatic rings. The molecule has 0 spiro atoms. The maximum absolute atomic E-state index is 5.64. The van der Waals surface area contributed by atoms with Crippen LogP contribution in [0.1, 0.15) is 5.56 Å². The first-order chi connectivity index (χ1) is 9.52. The molecule has 0 atom stereocenters. The van der Waals surface area contributed by atoms with Gasteiger partial charge in [-0.25, -0.2) is 0 Å². The highest BCUT2D eigenvalue weighted by molar-refractivity contribution is 7.96. The summed E-state index contributed by atoms with van der Waals surface area (Å²) in [5.74, 6) is 0. The predicted molar refractivity (Wildman–Crippen MR) is 99.8 cm³/mol. The topological polar surface area (TPSA) is 9.23 Å². The van der Waals surface area contributed by atoms with Gasteiger partial charge in [-0.05, 0) is 5.56 Å². The van der Waals surface area contributed by atoms with Gasteiger partial charge in [0.2, 0.25) is 0 Å². The van der Waals surface area contributed by atoms with Gasteiger partial charge in [-0.3, -0.25) is 0 Å². The van der Waals surface area contributed by atoms with Crippen LogP contribution < -0.4 is 0 Å². The minimum absolute atomic E-state index is 0.498. The van der Waals surface area contributed by atoms with Gasteiger partial charge >= 0.3 is 0 Å². The molecule has 2 aromatic carbocycles. The molecule has 0 amide bonds. The fourth-order valence-corrected chi connectivity index (χ4v) is 3.99. The molecule has 0 aliphatic carbocycles. The lowest BCUT2D eigenvalue weighted by Crippen LogP contribution is -1.90. The molecule has 20 heavy (non-hydrogen) atoms.